The third kappa shape index (κ3) is 1.66. The Labute approximate surface area is 66.4 Å². The van der Waals surface area contributed by atoms with Crippen LogP contribution in [0.15, 0.2) is 3.92 Å². The highest BCUT2D eigenvalue weighted by Crippen LogP contribution is 2.28. The summed E-state index contributed by atoms with van der Waals surface area (Å²) in [4.78, 5) is 3.08. The summed E-state index contributed by atoms with van der Waals surface area (Å²) < 4.78 is 38.2. The van der Waals surface area contributed by atoms with E-state index in [0.717, 1.165) is 0 Å². The van der Waals surface area contributed by atoms with Crippen LogP contribution in [0.25, 0.3) is 0 Å². The van der Waals surface area contributed by atoms with Crippen LogP contribution in [0.5, 0.6) is 0 Å². The van der Waals surface area contributed by atoms with Crippen molar-refractivity contribution in [2.75, 3.05) is 0 Å². The molecule has 0 saturated heterocycles. The smallest absolute Gasteiger partial charge is 0.204 e. The minimum Gasteiger partial charge on any atom is -0.204 e. The normalized spacial score (nSPS) is 12.0. The van der Waals surface area contributed by atoms with E-state index in [4.69, 9.17) is 0 Å². The second-order valence-corrected chi connectivity index (χ2v) is 3.40. The molecular weight excluding hydrogens is 233 g/mol. The summed E-state index contributed by atoms with van der Waals surface area (Å²) in [5.41, 5.74) is 0. The number of nitrogens with zero attached hydrogens (tertiary/aromatic N) is 2. The molecule has 10 heavy (non-hydrogen) atoms. The molecule has 0 bridgehead atoms. The lowest BCUT2D eigenvalue weighted by atomic mass is 10.6. The quantitative estimate of drug-likeness (QED) is 0.687. The zero-order valence-electron chi connectivity index (χ0n) is 4.31. The van der Waals surface area contributed by atoms with Crippen LogP contribution >= 0.6 is 27.5 Å². The zero-order valence-corrected chi connectivity index (χ0v) is 6.72. The van der Waals surface area contributed by atoms with E-state index in [1.165, 1.54) is 0 Å². The molecule has 1 rings (SSSR count). The monoisotopic (exact) mass is 232 g/mol. The topological polar surface area (TPSA) is 25.8 Å². The first-order chi connectivity index (χ1) is 4.50. The minimum absolute atomic E-state index is 0.139. The highest BCUT2D eigenvalue weighted by Gasteiger charge is 2.35. The van der Waals surface area contributed by atoms with E-state index in [-0.39, 0.29) is 3.92 Å². The molecule has 0 radical (unpaired) electrons. The van der Waals surface area contributed by atoms with Gasteiger partial charge in [-0.15, -0.1) is 0 Å². The lowest BCUT2D eigenvalue weighted by molar-refractivity contribution is -0.144. The van der Waals surface area contributed by atoms with E-state index in [1.807, 2.05) is 0 Å². The molecule has 0 saturated carbocycles. The molecule has 7 heteroatoms. The number of halogens is 4. The minimum atomic E-state index is -4.43. The SMILES string of the molecule is FC(F)(F)c1nsc(Br)n1. The summed E-state index contributed by atoms with van der Waals surface area (Å²) in [6.07, 6.45) is -4.43. The molecule has 0 fully saturated rings. The predicted octanol–water partition coefficient (Wildman–Crippen LogP) is 2.32. The molecule has 0 aliphatic carbocycles. The van der Waals surface area contributed by atoms with E-state index in [0.29, 0.717) is 11.5 Å². The summed E-state index contributed by atoms with van der Waals surface area (Å²) in [5, 5.41) is 0. The summed E-state index contributed by atoms with van der Waals surface area (Å²) in [6, 6.07) is 0. The third-order valence-corrected chi connectivity index (χ3v) is 1.77. The van der Waals surface area contributed by atoms with Crippen LogP contribution in [0.3, 0.4) is 0 Å². The Hall–Kier alpha value is -0.170. The van der Waals surface area contributed by atoms with Gasteiger partial charge in [-0.1, -0.05) is 0 Å². The van der Waals surface area contributed by atoms with Gasteiger partial charge < -0.3 is 0 Å². The first-order valence-corrected chi connectivity index (χ1v) is 3.63. The van der Waals surface area contributed by atoms with Gasteiger partial charge in [0.25, 0.3) is 0 Å². The van der Waals surface area contributed by atoms with Gasteiger partial charge in [-0.2, -0.15) is 17.5 Å². The second-order valence-electron chi connectivity index (χ2n) is 1.37. The van der Waals surface area contributed by atoms with Gasteiger partial charge >= 0.3 is 6.18 Å². The van der Waals surface area contributed by atoms with Gasteiger partial charge in [0.2, 0.25) is 5.82 Å². The molecule has 0 amide bonds. The first-order valence-electron chi connectivity index (χ1n) is 2.06. The Morgan fingerprint density at radius 3 is 2.20 bits per heavy atom. The number of hydrogen-bond acceptors (Lipinski definition) is 3. The van der Waals surface area contributed by atoms with Crippen LogP contribution in [-0.4, -0.2) is 9.36 Å². The molecule has 0 unspecified atom stereocenters. The molecule has 1 aromatic heterocycles. The van der Waals surface area contributed by atoms with Crippen molar-refractivity contribution in [2.45, 2.75) is 6.18 Å². The number of alkyl halides is 3. The molecule has 0 aliphatic rings. The zero-order chi connectivity index (χ0) is 7.78. The maximum atomic E-state index is 11.7. The van der Waals surface area contributed by atoms with Gasteiger partial charge in [0.1, 0.15) is 0 Å². The maximum absolute atomic E-state index is 11.7. The Kier molecular flexibility index (Phi) is 1.95. The fourth-order valence-corrected chi connectivity index (χ4v) is 1.14. The standard InChI is InChI=1S/C3BrF3N2S/c4-2-8-1(9-10-2)3(5,6)7. The van der Waals surface area contributed by atoms with Crippen LogP contribution in [-0.2, 0) is 6.18 Å². The van der Waals surface area contributed by atoms with Crippen LogP contribution in [0.1, 0.15) is 5.82 Å². The highest BCUT2D eigenvalue weighted by atomic mass is 79.9. The van der Waals surface area contributed by atoms with E-state index in [1.54, 1.807) is 0 Å². The van der Waals surface area contributed by atoms with Crippen molar-refractivity contribution >= 4 is 27.5 Å². The highest BCUT2D eigenvalue weighted by molar-refractivity contribution is 9.11. The molecule has 0 N–H and O–H groups in total. The lowest BCUT2D eigenvalue weighted by Crippen LogP contribution is -2.06. The van der Waals surface area contributed by atoms with Crippen LogP contribution < -0.4 is 0 Å². The predicted molar refractivity (Wildman–Crippen MR) is 32.6 cm³/mol. The number of aromatic nitrogens is 2. The van der Waals surface area contributed by atoms with E-state index >= 15 is 0 Å². The van der Waals surface area contributed by atoms with Crippen LogP contribution in [0, 0.1) is 0 Å². The van der Waals surface area contributed by atoms with Crippen molar-refractivity contribution in [3.63, 3.8) is 0 Å². The lowest BCUT2D eigenvalue weighted by Gasteiger charge is -1.96. The van der Waals surface area contributed by atoms with Crippen molar-refractivity contribution in [1.29, 1.82) is 0 Å². The van der Waals surface area contributed by atoms with Gasteiger partial charge in [-0.05, 0) is 27.5 Å². The molecule has 1 aromatic rings. The van der Waals surface area contributed by atoms with Crippen molar-refractivity contribution in [3.05, 3.63) is 9.74 Å². The molecular formula is C3BrF3N2S. The first kappa shape index (κ1) is 7.93. The van der Waals surface area contributed by atoms with Crippen molar-refractivity contribution in [2.24, 2.45) is 0 Å². The molecule has 56 valence electrons. The Morgan fingerprint density at radius 1 is 1.40 bits per heavy atom. The Balaban J connectivity index is 2.96. The Bertz CT molecular complexity index is 232. The van der Waals surface area contributed by atoms with Gasteiger partial charge in [0.05, 0.1) is 0 Å². The maximum Gasteiger partial charge on any atom is 0.452 e. The molecule has 0 aliphatic heterocycles. The summed E-state index contributed by atoms with van der Waals surface area (Å²) in [5.74, 6) is -1.09. The van der Waals surface area contributed by atoms with Gasteiger partial charge in [0, 0.05) is 0 Å². The van der Waals surface area contributed by atoms with Gasteiger partial charge in [-0.25, -0.2) is 4.98 Å². The largest absolute Gasteiger partial charge is 0.452 e. The molecule has 0 atom stereocenters. The van der Waals surface area contributed by atoms with Crippen molar-refractivity contribution in [1.82, 2.24) is 9.36 Å². The second kappa shape index (κ2) is 2.46. The van der Waals surface area contributed by atoms with E-state index < -0.39 is 12.0 Å². The Morgan fingerprint density at radius 2 is 2.00 bits per heavy atom. The summed E-state index contributed by atoms with van der Waals surface area (Å²) in [7, 11) is 0. The fraction of sp³-hybridized carbons (Fsp3) is 0.333. The van der Waals surface area contributed by atoms with E-state index in [9.17, 15) is 13.2 Å². The van der Waals surface area contributed by atoms with Crippen LogP contribution in [0.4, 0.5) is 13.2 Å². The number of rotatable bonds is 0. The average molecular weight is 233 g/mol. The van der Waals surface area contributed by atoms with E-state index in [2.05, 4.69) is 25.3 Å². The molecule has 2 nitrogen and oxygen atoms in total. The summed E-state index contributed by atoms with van der Waals surface area (Å²) >= 11 is 3.44. The average Bonchev–Trinajstić information content (AvgIpc) is 2.11. The molecule has 0 aromatic carbocycles. The number of hydrogen-bond donors (Lipinski definition) is 0. The van der Waals surface area contributed by atoms with Gasteiger partial charge in [-0.3, -0.25) is 0 Å². The third-order valence-electron chi connectivity index (χ3n) is 0.655. The molecule has 1 heterocycles. The van der Waals surface area contributed by atoms with Crippen LogP contribution in [0.2, 0.25) is 0 Å². The molecule has 0 spiro atoms. The van der Waals surface area contributed by atoms with Gasteiger partial charge in [0.15, 0.2) is 3.92 Å². The van der Waals surface area contributed by atoms with Crippen molar-refractivity contribution in [3.8, 4) is 0 Å². The summed E-state index contributed by atoms with van der Waals surface area (Å²) in [6.45, 7) is 0. The fourth-order valence-electron chi connectivity index (χ4n) is 0.320. The van der Waals surface area contributed by atoms with Crippen molar-refractivity contribution < 1.29 is 13.2 Å².